The van der Waals surface area contributed by atoms with Crippen LogP contribution in [-0.4, -0.2) is 76.7 Å². The lowest BCUT2D eigenvalue weighted by Gasteiger charge is -2.31. The number of ether oxygens (including phenoxy) is 2. The van der Waals surface area contributed by atoms with E-state index in [2.05, 4.69) is 20.3 Å². The number of aromatic nitrogens is 3. The number of carbonyl (C=O) groups is 1. The number of hydrogen-bond donors (Lipinski definition) is 1. The highest BCUT2D eigenvalue weighted by atomic mass is 19.4. The van der Waals surface area contributed by atoms with Gasteiger partial charge in [-0.05, 0) is 43.4 Å². The van der Waals surface area contributed by atoms with Gasteiger partial charge in [-0.3, -0.25) is 9.48 Å². The maximum atomic E-state index is 12.7. The molecule has 4 heterocycles. The summed E-state index contributed by atoms with van der Waals surface area (Å²) in [7, 11) is 1.86. The van der Waals surface area contributed by atoms with Gasteiger partial charge in [-0.15, -0.1) is 0 Å². The average molecular weight is 532 g/mol. The number of halogens is 3. The molecule has 204 valence electrons. The van der Waals surface area contributed by atoms with Crippen molar-refractivity contribution in [2.24, 2.45) is 7.05 Å². The van der Waals surface area contributed by atoms with Crippen LogP contribution < -0.4 is 10.1 Å². The zero-order chi connectivity index (χ0) is 26.7. The van der Waals surface area contributed by atoms with Gasteiger partial charge in [0.25, 0.3) is 5.91 Å². The number of carbonyl (C=O) groups excluding carboxylic acids is 1. The van der Waals surface area contributed by atoms with Crippen LogP contribution in [-0.2, 0) is 24.6 Å². The van der Waals surface area contributed by atoms with Crippen LogP contribution in [0, 0.1) is 0 Å². The molecule has 0 bridgehead atoms. The summed E-state index contributed by atoms with van der Waals surface area (Å²) in [6.45, 7) is 1.67. The number of benzene rings is 1. The quantitative estimate of drug-likeness (QED) is 0.501. The highest BCUT2D eigenvalue weighted by Crippen LogP contribution is 2.23. The van der Waals surface area contributed by atoms with Gasteiger partial charge < -0.3 is 19.7 Å². The van der Waals surface area contributed by atoms with Crippen LogP contribution in [0.25, 0.3) is 10.9 Å². The molecule has 5 rings (SSSR count). The lowest BCUT2D eigenvalue weighted by atomic mass is 10.0. The largest absolute Gasteiger partial charge is 0.468 e. The van der Waals surface area contributed by atoms with E-state index in [-0.39, 0.29) is 23.9 Å². The summed E-state index contributed by atoms with van der Waals surface area (Å²) in [6.07, 6.45) is 1.76. The second kappa shape index (κ2) is 11.3. The van der Waals surface area contributed by atoms with E-state index in [1.807, 2.05) is 37.5 Å². The Balaban J connectivity index is 1.04. The monoisotopic (exact) mass is 531 g/mol. The number of aryl methyl sites for hydroxylation is 1. The summed E-state index contributed by atoms with van der Waals surface area (Å²) < 4.78 is 49.9. The summed E-state index contributed by atoms with van der Waals surface area (Å²) in [5, 5.41) is 8.45. The molecule has 0 unspecified atom stereocenters. The van der Waals surface area contributed by atoms with Gasteiger partial charge >= 0.3 is 6.18 Å². The molecule has 1 N–H and O–H groups in total. The predicted molar refractivity (Wildman–Crippen MR) is 135 cm³/mol. The number of hydrogen-bond acceptors (Lipinski definition) is 6. The van der Waals surface area contributed by atoms with Gasteiger partial charge in [0.1, 0.15) is 0 Å². The zero-order valence-electron chi connectivity index (χ0n) is 21.3. The molecule has 1 fully saturated rings. The third-order valence-corrected chi connectivity index (χ3v) is 7.15. The van der Waals surface area contributed by atoms with Gasteiger partial charge in [0.05, 0.1) is 24.3 Å². The summed E-state index contributed by atoms with van der Waals surface area (Å²) >= 11 is 0. The fraction of sp³-hybridized carbons (Fsp3) is 0.519. The number of rotatable bonds is 7. The third-order valence-electron chi connectivity index (χ3n) is 7.15. The van der Waals surface area contributed by atoms with Crippen molar-refractivity contribution in [3.05, 3.63) is 53.3 Å². The molecule has 2 atom stereocenters. The summed E-state index contributed by atoms with van der Waals surface area (Å²) in [4.78, 5) is 19.4. The minimum atomic E-state index is -4.38. The van der Waals surface area contributed by atoms with Crippen molar-refractivity contribution in [3.63, 3.8) is 0 Å². The van der Waals surface area contributed by atoms with Gasteiger partial charge in [-0.2, -0.15) is 18.3 Å². The minimum absolute atomic E-state index is 0.0176. The third kappa shape index (κ3) is 6.82. The molecule has 0 spiro atoms. The molecule has 2 aromatic heterocycles. The molecule has 2 aliphatic heterocycles. The summed E-state index contributed by atoms with van der Waals surface area (Å²) in [5.74, 6) is -0.0987. The van der Waals surface area contributed by atoms with Crippen LogP contribution in [0.5, 0.6) is 5.88 Å². The molecule has 0 saturated carbocycles. The molecule has 0 aliphatic carbocycles. The van der Waals surface area contributed by atoms with Crippen LogP contribution in [0.1, 0.15) is 40.9 Å². The highest BCUT2D eigenvalue weighted by molar-refractivity contribution is 5.97. The Morgan fingerprint density at radius 2 is 2.03 bits per heavy atom. The van der Waals surface area contributed by atoms with Crippen molar-refractivity contribution in [1.29, 1.82) is 0 Å². The minimum Gasteiger partial charge on any atom is -0.468 e. The first-order valence-corrected chi connectivity index (χ1v) is 13.0. The first-order valence-electron chi connectivity index (χ1n) is 13.0. The van der Waals surface area contributed by atoms with Crippen LogP contribution in [0.2, 0.25) is 0 Å². The van der Waals surface area contributed by atoms with Gasteiger partial charge in [0, 0.05) is 62.0 Å². The molecule has 2 aliphatic rings. The van der Waals surface area contributed by atoms with Gasteiger partial charge in [0.15, 0.2) is 6.61 Å². The molecule has 1 saturated heterocycles. The first-order chi connectivity index (χ1) is 18.2. The van der Waals surface area contributed by atoms with Gasteiger partial charge in [-0.25, -0.2) is 4.98 Å². The van der Waals surface area contributed by atoms with E-state index >= 15 is 0 Å². The molecular formula is C27H32F3N5O3. The van der Waals surface area contributed by atoms with Crippen LogP contribution in [0.4, 0.5) is 13.2 Å². The van der Waals surface area contributed by atoms with Crippen molar-refractivity contribution in [3.8, 4) is 5.88 Å². The Hall–Kier alpha value is -3.18. The van der Waals surface area contributed by atoms with Gasteiger partial charge in [0.2, 0.25) is 5.88 Å². The van der Waals surface area contributed by atoms with Gasteiger partial charge in [-0.1, -0.05) is 12.1 Å². The van der Waals surface area contributed by atoms with Crippen molar-refractivity contribution in [2.45, 2.75) is 50.4 Å². The predicted octanol–water partition coefficient (Wildman–Crippen LogP) is 3.68. The molecule has 8 nitrogen and oxygen atoms in total. The van der Waals surface area contributed by atoms with E-state index in [0.29, 0.717) is 18.6 Å². The number of nitrogens with one attached hydrogen (secondary N) is 1. The standard InChI is InChI=1S/C27H32F3N5O3/c1-34-15-20-3-2-19(14-24(20)33-34)26(36)31-21-5-6-22(37-16-21)9-12-35-11-8-18-4-7-25(32-23(18)10-13-35)38-17-27(28,29)30/h2-4,7,14-15,21-22H,5-6,8-13,16-17H2,1H3,(H,31,36)/t21-,22+/m0/s1. The van der Waals surface area contributed by atoms with E-state index in [1.165, 1.54) is 6.07 Å². The number of pyridine rings is 1. The maximum Gasteiger partial charge on any atom is 0.422 e. The van der Waals surface area contributed by atoms with Crippen molar-refractivity contribution >= 4 is 16.8 Å². The Labute approximate surface area is 219 Å². The molecule has 0 radical (unpaired) electrons. The first kappa shape index (κ1) is 26.4. The second-order valence-corrected chi connectivity index (χ2v) is 10.1. The van der Waals surface area contributed by atoms with Crippen molar-refractivity contribution in [1.82, 2.24) is 25.0 Å². The molecule has 38 heavy (non-hydrogen) atoms. The summed E-state index contributed by atoms with van der Waals surface area (Å²) in [5.41, 5.74) is 3.25. The van der Waals surface area contributed by atoms with E-state index in [1.54, 1.807) is 4.68 Å². The second-order valence-electron chi connectivity index (χ2n) is 10.1. The van der Waals surface area contributed by atoms with Crippen molar-refractivity contribution < 1.29 is 27.4 Å². The summed E-state index contributed by atoms with van der Waals surface area (Å²) in [6, 6.07) is 8.85. The van der Waals surface area contributed by atoms with Crippen LogP contribution >= 0.6 is 0 Å². The van der Waals surface area contributed by atoms with E-state index in [0.717, 1.165) is 67.5 Å². The number of nitrogens with zero attached hydrogens (tertiary/aromatic N) is 4. The Morgan fingerprint density at radius 1 is 1.18 bits per heavy atom. The van der Waals surface area contributed by atoms with E-state index in [4.69, 9.17) is 9.47 Å². The number of fused-ring (bicyclic) bond motifs is 2. The van der Waals surface area contributed by atoms with Crippen LogP contribution in [0.15, 0.2) is 36.5 Å². The highest BCUT2D eigenvalue weighted by Gasteiger charge is 2.29. The SMILES string of the molecule is Cn1cc2ccc(C(=O)N[C@H]3CC[C@H](CCN4CCc5ccc(OCC(F)(F)F)nc5CC4)OC3)cc2n1. The Bertz CT molecular complexity index is 1270. The fourth-order valence-corrected chi connectivity index (χ4v) is 5.09. The topological polar surface area (TPSA) is 81.5 Å². The fourth-order valence-electron chi connectivity index (χ4n) is 5.09. The number of amides is 1. The molecular weight excluding hydrogens is 499 g/mol. The smallest absolute Gasteiger partial charge is 0.422 e. The normalized spacial score (nSPS) is 20.6. The van der Waals surface area contributed by atoms with E-state index in [9.17, 15) is 18.0 Å². The molecule has 1 amide bonds. The Morgan fingerprint density at radius 3 is 2.82 bits per heavy atom. The van der Waals surface area contributed by atoms with Crippen molar-refractivity contribution in [2.75, 3.05) is 32.8 Å². The van der Waals surface area contributed by atoms with Crippen LogP contribution in [0.3, 0.4) is 0 Å². The average Bonchev–Trinajstić information content (AvgIpc) is 3.14. The molecule has 1 aromatic carbocycles. The lowest BCUT2D eigenvalue weighted by molar-refractivity contribution is -0.154. The maximum absolute atomic E-state index is 12.7. The molecule has 11 heteroatoms. The van der Waals surface area contributed by atoms with E-state index < -0.39 is 12.8 Å². The number of alkyl halides is 3. The lowest BCUT2D eigenvalue weighted by Crippen LogP contribution is -2.43. The Kier molecular flexibility index (Phi) is 7.85. The zero-order valence-corrected chi connectivity index (χ0v) is 21.3. The molecule has 3 aromatic rings.